The zero-order chi connectivity index (χ0) is 29.2. The van der Waals surface area contributed by atoms with E-state index in [2.05, 4.69) is 25.9 Å². The maximum Gasteiger partial charge on any atom is 0.346 e. The number of carboxylic acid groups (broad SMARTS) is 1. The number of halogens is 2. The van der Waals surface area contributed by atoms with E-state index in [4.69, 9.17) is 26.3 Å². The number of aromatic nitrogens is 5. The summed E-state index contributed by atoms with van der Waals surface area (Å²) in [4.78, 5) is 28.9. The number of likely N-dealkylation sites (tertiary alicyclic amines) is 1. The molecule has 0 unspecified atom stereocenters. The van der Waals surface area contributed by atoms with Gasteiger partial charge in [0.15, 0.2) is 0 Å². The Kier molecular flexibility index (Phi) is 8.23. The second-order valence-electron chi connectivity index (χ2n) is 10.4. The van der Waals surface area contributed by atoms with Crippen LogP contribution in [0.5, 0.6) is 5.88 Å². The number of pyridine rings is 1. The number of carboxylic acids is 1. The summed E-state index contributed by atoms with van der Waals surface area (Å²) in [5.41, 5.74) is 3.29. The summed E-state index contributed by atoms with van der Waals surface area (Å²) in [6.45, 7) is 5.95. The molecule has 1 fully saturated rings. The monoisotopic (exact) mass is 608 g/mol. The molecule has 0 radical (unpaired) electrons. The van der Waals surface area contributed by atoms with Crippen molar-refractivity contribution in [2.45, 2.75) is 51.9 Å². The summed E-state index contributed by atoms with van der Waals surface area (Å²) in [7, 11) is 0. The van der Waals surface area contributed by atoms with Crippen LogP contribution in [0.2, 0.25) is 5.02 Å². The van der Waals surface area contributed by atoms with Gasteiger partial charge in [-0.1, -0.05) is 23.7 Å². The molecule has 5 heterocycles. The van der Waals surface area contributed by atoms with Gasteiger partial charge in [-0.2, -0.15) is 0 Å². The number of benzene rings is 1. The van der Waals surface area contributed by atoms with Crippen molar-refractivity contribution in [2.75, 3.05) is 13.1 Å². The molecule has 218 valence electrons. The lowest BCUT2D eigenvalue weighted by Gasteiger charge is -2.31. The molecule has 0 amide bonds. The predicted octanol–water partition coefficient (Wildman–Crippen LogP) is 6.21. The van der Waals surface area contributed by atoms with Gasteiger partial charge in [-0.15, -0.1) is 11.3 Å². The molecule has 1 N–H and O–H groups in total. The Labute approximate surface area is 251 Å². The number of ether oxygens (including phenoxy) is 1. The molecule has 0 atom stereocenters. The van der Waals surface area contributed by atoms with Gasteiger partial charge < -0.3 is 19.0 Å². The number of imidazole rings is 2. The molecule has 5 aromatic rings. The number of carbonyl (C=O) groups is 1. The van der Waals surface area contributed by atoms with Crippen LogP contribution in [0.25, 0.3) is 10.3 Å². The molecule has 4 aromatic heterocycles. The molecular weight excluding hydrogens is 579 g/mol. The molecule has 0 aliphatic carbocycles. The Bertz CT molecular complexity index is 1730. The molecule has 6 rings (SSSR count). The van der Waals surface area contributed by atoms with Crippen molar-refractivity contribution in [3.63, 3.8) is 0 Å². The highest BCUT2D eigenvalue weighted by molar-refractivity contribution is 7.20. The Hall–Kier alpha value is -3.80. The van der Waals surface area contributed by atoms with Crippen molar-refractivity contribution >= 4 is 39.3 Å². The standard InChI is InChI=1S/C30H30ClFN6O3S/c1-2-37-18-33-14-22(37)15-38-25-13-26(30(39)40)42-29(25)35-27(38)16-36-10-8-19(9-11-36)24-4-3-5-28(34-24)41-17-20-6-7-21(31)12-23(20)32/h3-7,12-14,18-19H,2,8-11,15-17H2,1H3,(H,39,40). The van der Waals surface area contributed by atoms with Crippen LogP contribution in [-0.2, 0) is 26.2 Å². The fraction of sp³-hybridized carbons (Fsp3) is 0.333. The molecule has 1 saturated heterocycles. The van der Waals surface area contributed by atoms with Crippen molar-refractivity contribution in [1.29, 1.82) is 0 Å². The number of fused-ring (bicyclic) bond motifs is 1. The van der Waals surface area contributed by atoms with Gasteiger partial charge in [0.1, 0.15) is 28.0 Å². The van der Waals surface area contributed by atoms with Gasteiger partial charge in [0, 0.05) is 41.0 Å². The molecule has 42 heavy (non-hydrogen) atoms. The first-order chi connectivity index (χ1) is 20.4. The molecule has 0 saturated carbocycles. The summed E-state index contributed by atoms with van der Waals surface area (Å²) in [6, 6.07) is 12.0. The predicted molar refractivity (Wildman–Crippen MR) is 159 cm³/mol. The van der Waals surface area contributed by atoms with Crippen LogP contribution in [-0.4, -0.2) is 53.2 Å². The summed E-state index contributed by atoms with van der Waals surface area (Å²) in [6.07, 6.45) is 5.53. The summed E-state index contributed by atoms with van der Waals surface area (Å²) in [5, 5.41) is 9.87. The average molecular weight is 609 g/mol. The van der Waals surface area contributed by atoms with E-state index in [9.17, 15) is 14.3 Å². The van der Waals surface area contributed by atoms with Gasteiger partial charge in [-0.25, -0.2) is 24.1 Å². The molecule has 0 spiro atoms. The van der Waals surface area contributed by atoms with Crippen molar-refractivity contribution < 1.29 is 19.0 Å². The number of thiophene rings is 1. The lowest BCUT2D eigenvalue weighted by Crippen LogP contribution is -2.33. The molecule has 12 heteroatoms. The van der Waals surface area contributed by atoms with Crippen molar-refractivity contribution in [3.8, 4) is 5.88 Å². The van der Waals surface area contributed by atoms with Crippen molar-refractivity contribution in [1.82, 2.24) is 29.0 Å². The fourth-order valence-electron chi connectivity index (χ4n) is 5.41. The van der Waals surface area contributed by atoms with Crippen LogP contribution < -0.4 is 4.74 Å². The second kappa shape index (κ2) is 12.2. The van der Waals surface area contributed by atoms with E-state index in [-0.39, 0.29) is 17.4 Å². The van der Waals surface area contributed by atoms with Gasteiger partial charge in [0.2, 0.25) is 5.88 Å². The fourth-order valence-corrected chi connectivity index (χ4v) is 6.46. The molecule has 1 aliphatic heterocycles. The summed E-state index contributed by atoms with van der Waals surface area (Å²) < 4.78 is 24.2. The maximum absolute atomic E-state index is 14.1. The zero-order valence-electron chi connectivity index (χ0n) is 23.0. The molecule has 1 aliphatic rings. The van der Waals surface area contributed by atoms with E-state index in [1.54, 1.807) is 24.3 Å². The van der Waals surface area contributed by atoms with Gasteiger partial charge in [-0.3, -0.25) is 4.90 Å². The van der Waals surface area contributed by atoms with E-state index >= 15 is 0 Å². The van der Waals surface area contributed by atoms with Gasteiger partial charge in [0.25, 0.3) is 0 Å². The van der Waals surface area contributed by atoms with E-state index in [0.717, 1.165) is 60.0 Å². The largest absolute Gasteiger partial charge is 0.477 e. The number of piperidine rings is 1. The number of aryl methyl sites for hydroxylation is 1. The lowest BCUT2D eigenvalue weighted by atomic mass is 9.93. The van der Waals surface area contributed by atoms with Gasteiger partial charge in [-0.05, 0) is 57.1 Å². The van der Waals surface area contributed by atoms with Crippen LogP contribution in [0.4, 0.5) is 4.39 Å². The zero-order valence-corrected chi connectivity index (χ0v) is 24.6. The normalized spacial score (nSPS) is 14.5. The number of aromatic carboxylic acids is 1. The van der Waals surface area contributed by atoms with E-state index in [1.165, 1.54) is 17.4 Å². The molecule has 9 nitrogen and oxygen atoms in total. The number of hydrogen-bond acceptors (Lipinski definition) is 7. The lowest BCUT2D eigenvalue weighted by molar-refractivity contribution is 0.0702. The number of hydrogen-bond donors (Lipinski definition) is 1. The van der Waals surface area contributed by atoms with E-state index in [0.29, 0.717) is 29.6 Å². The highest BCUT2D eigenvalue weighted by atomic mass is 35.5. The second-order valence-corrected chi connectivity index (χ2v) is 11.8. The highest BCUT2D eigenvalue weighted by Crippen LogP contribution is 2.31. The van der Waals surface area contributed by atoms with Crippen molar-refractivity contribution in [2.24, 2.45) is 0 Å². The van der Waals surface area contributed by atoms with Crippen LogP contribution in [0.1, 0.15) is 58.1 Å². The smallest absolute Gasteiger partial charge is 0.346 e. The van der Waals surface area contributed by atoms with E-state index in [1.807, 2.05) is 24.7 Å². The van der Waals surface area contributed by atoms with Crippen LogP contribution in [0, 0.1) is 5.82 Å². The average Bonchev–Trinajstić information content (AvgIpc) is 3.69. The van der Waals surface area contributed by atoms with Crippen LogP contribution >= 0.6 is 22.9 Å². The van der Waals surface area contributed by atoms with Crippen LogP contribution in [0.15, 0.2) is 55.0 Å². The first kappa shape index (κ1) is 28.3. The van der Waals surface area contributed by atoms with Crippen molar-refractivity contribution in [3.05, 3.63) is 93.5 Å². The van der Waals surface area contributed by atoms with E-state index < -0.39 is 11.8 Å². The topological polar surface area (TPSA) is 98.3 Å². The first-order valence-electron chi connectivity index (χ1n) is 13.8. The minimum atomic E-state index is -0.938. The first-order valence-corrected chi connectivity index (χ1v) is 15.0. The number of nitrogens with zero attached hydrogens (tertiary/aromatic N) is 6. The minimum absolute atomic E-state index is 0.0784. The Morgan fingerprint density at radius 1 is 1.17 bits per heavy atom. The number of rotatable bonds is 10. The van der Waals surface area contributed by atoms with Gasteiger partial charge in [0.05, 0.1) is 30.6 Å². The summed E-state index contributed by atoms with van der Waals surface area (Å²) >= 11 is 7.06. The Morgan fingerprint density at radius 2 is 2.00 bits per heavy atom. The Balaban J connectivity index is 1.12. The maximum atomic E-state index is 14.1. The quantitative estimate of drug-likeness (QED) is 0.201. The SMILES string of the molecule is CCn1cncc1Cn1c(CN2CCC(c3cccc(OCc4ccc(Cl)cc4F)n3)CC2)nc2sc(C(=O)O)cc21. The van der Waals surface area contributed by atoms with Gasteiger partial charge >= 0.3 is 5.97 Å². The Morgan fingerprint density at radius 3 is 2.76 bits per heavy atom. The highest BCUT2D eigenvalue weighted by Gasteiger charge is 2.25. The van der Waals surface area contributed by atoms with Crippen LogP contribution in [0.3, 0.4) is 0 Å². The molecule has 1 aromatic carbocycles. The third-order valence-corrected chi connectivity index (χ3v) is 8.94. The third kappa shape index (κ3) is 6.04. The minimum Gasteiger partial charge on any atom is -0.477 e. The third-order valence-electron chi connectivity index (χ3n) is 7.70. The summed E-state index contributed by atoms with van der Waals surface area (Å²) in [5.74, 6) is 0.339. The molecular formula is C30H30ClFN6O3S. The molecule has 0 bridgehead atoms.